The second kappa shape index (κ2) is 12.9. The van der Waals surface area contributed by atoms with Crippen molar-refractivity contribution in [1.29, 1.82) is 0 Å². The van der Waals surface area contributed by atoms with Crippen LogP contribution in [0.15, 0.2) is 48.5 Å². The number of halogens is 2. The Morgan fingerprint density at radius 2 is 1.88 bits per heavy atom. The van der Waals surface area contributed by atoms with Gasteiger partial charge in [0.05, 0.1) is 7.11 Å². The maximum Gasteiger partial charge on any atom is 0.387 e. The third kappa shape index (κ3) is 8.02. The molecule has 0 aliphatic carbocycles. The molecule has 0 aromatic heterocycles. The van der Waals surface area contributed by atoms with E-state index < -0.39 is 6.61 Å². The maximum atomic E-state index is 12.4. The van der Waals surface area contributed by atoms with Gasteiger partial charge in [-0.2, -0.15) is 8.78 Å². The van der Waals surface area contributed by atoms with Crippen molar-refractivity contribution in [1.82, 2.24) is 10.2 Å². The van der Waals surface area contributed by atoms with Gasteiger partial charge in [0, 0.05) is 44.5 Å². The quantitative estimate of drug-likeness (QED) is 0.389. The first-order valence-electron chi connectivity index (χ1n) is 11.6. The number of unbranched alkanes of at least 4 members (excludes halogenated alkanes) is 1. The van der Waals surface area contributed by atoms with Crippen molar-refractivity contribution in [2.24, 2.45) is 0 Å². The number of hydrogen-bond acceptors (Lipinski definition) is 5. The van der Waals surface area contributed by atoms with Crippen LogP contribution in [0.4, 0.5) is 14.5 Å². The van der Waals surface area contributed by atoms with Gasteiger partial charge >= 0.3 is 6.61 Å². The van der Waals surface area contributed by atoms with Crippen molar-refractivity contribution < 1.29 is 23.0 Å². The molecule has 0 saturated carbocycles. The number of anilines is 1. The molecule has 1 aliphatic rings. The summed E-state index contributed by atoms with van der Waals surface area (Å²) in [4.78, 5) is 17.0. The van der Waals surface area contributed by atoms with E-state index in [1.807, 2.05) is 0 Å². The molecule has 2 aromatic rings. The van der Waals surface area contributed by atoms with E-state index in [4.69, 9.17) is 4.74 Å². The minimum Gasteiger partial charge on any atom is -0.493 e. The lowest BCUT2D eigenvalue weighted by molar-refractivity contribution is -0.116. The minimum atomic E-state index is -2.93. The van der Waals surface area contributed by atoms with Crippen LogP contribution in [0.2, 0.25) is 0 Å². The number of hydrogen-bond donors (Lipinski definition) is 1. The number of nitrogens with one attached hydrogen (secondary N) is 1. The first-order valence-corrected chi connectivity index (χ1v) is 11.6. The maximum absolute atomic E-state index is 12.4. The average molecular weight is 474 g/mol. The van der Waals surface area contributed by atoms with Crippen LogP contribution in [0, 0.1) is 6.92 Å². The molecule has 1 amide bonds. The number of methoxy groups -OCH3 is 1. The Labute approximate surface area is 200 Å². The van der Waals surface area contributed by atoms with Gasteiger partial charge in [-0.15, -0.1) is 0 Å². The van der Waals surface area contributed by atoms with Crippen molar-refractivity contribution in [2.45, 2.75) is 26.4 Å². The van der Waals surface area contributed by atoms with Crippen molar-refractivity contribution in [3.8, 4) is 11.5 Å². The van der Waals surface area contributed by atoms with Crippen molar-refractivity contribution >= 4 is 17.7 Å². The number of benzene rings is 2. The summed E-state index contributed by atoms with van der Waals surface area (Å²) < 4.78 is 34.3. The van der Waals surface area contributed by atoms with Gasteiger partial charge in [0.15, 0.2) is 11.5 Å². The molecule has 0 atom stereocenters. The van der Waals surface area contributed by atoms with Crippen LogP contribution in [-0.2, 0) is 4.79 Å². The molecule has 1 saturated heterocycles. The highest BCUT2D eigenvalue weighted by Crippen LogP contribution is 2.29. The number of nitrogens with zero attached hydrogens (tertiary/aromatic N) is 2. The summed E-state index contributed by atoms with van der Waals surface area (Å²) in [6, 6.07) is 13.2. The summed E-state index contributed by atoms with van der Waals surface area (Å²) >= 11 is 0. The van der Waals surface area contributed by atoms with E-state index in [0.29, 0.717) is 12.1 Å². The second-order valence-electron chi connectivity index (χ2n) is 8.29. The summed E-state index contributed by atoms with van der Waals surface area (Å²) in [7, 11) is 1.37. The van der Waals surface area contributed by atoms with E-state index in [2.05, 4.69) is 51.0 Å². The van der Waals surface area contributed by atoms with Gasteiger partial charge in [-0.3, -0.25) is 9.69 Å². The zero-order chi connectivity index (χ0) is 24.3. The highest BCUT2D eigenvalue weighted by molar-refractivity contribution is 5.91. The molecule has 1 fully saturated rings. The van der Waals surface area contributed by atoms with E-state index in [0.717, 1.165) is 45.6 Å². The molecule has 8 heteroatoms. The Bertz CT molecular complexity index is 960. The van der Waals surface area contributed by atoms with Gasteiger partial charge < -0.3 is 19.7 Å². The summed E-state index contributed by atoms with van der Waals surface area (Å²) in [6.45, 7) is 5.00. The van der Waals surface area contributed by atoms with Gasteiger partial charge in [-0.25, -0.2) is 0 Å². The standard InChI is InChI=1S/C26H33F2N3O3/c1-20-6-5-7-22(18-20)31-16-14-30(15-17-31)13-4-3-12-29-25(32)11-9-21-8-10-23(34-26(27)28)24(19-21)33-2/h5-11,18-19,26H,3-4,12-17H2,1-2H3,(H,29,32)/b11-9+. The van der Waals surface area contributed by atoms with Crippen LogP contribution in [0.5, 0.6) is 11.5 Å². The Morgan fingerprint density at radius 3 is 2.59 bits per heavy atom. The number of ether oxygens (including phenoxy) is 2. The molecule has 1 N–H and O–H groups in total. The Morgan fingerprint density at radius 1 is 1.09 bits per heavy atom. The fraction of sp³-hybridized carbons (Fsp3) is 0.423. The monoisotopic (exact) mass is 473 g/mol. The molecule has 0 unspecified atom stereocenters. The summed E-state index contributed by atoms with van der Waals surface area (Å²) in [5, 5.41) is 2.88. The number of piperazine rings is 1. The van der Waals surface area contributed by atoms with E-state index >= 15 is 0 Å². The lowest BCUT2D eigenvalue weighted by Gasteiger charge is -2.36. The third-order valence-electron chi connectivity index (χ3n) is 5.77. The van der Waals surface area contributed by atoms with E-state index in [1.54, 1.807) is 18.2 Å². The molecular weight excluding hydrogens is 440 g/mol. The summed E-state index contributed by atoms with van der Waals surface area (Å²) in [6.07, 6.45) is 4.97. The smallest absolute Gasteiger partial charge is 0.387 e. The first kappa shape index (κ1) is 25.5. The number of carbonyl (C=O) groups excluding carboxylic acids is 1. The van der Waals surface area contributed by atoms with Crippen LogP contribution in [0.1, 0.15) is 24.0 Å². The normalized spacial score (nSPS) is 14.6. The molecule has 2 aromatic carbocycles. The number of rotatable bonds is 11. The lowest BCUT2D eigenvalue weighted by atomic mass is 10.2. The Balaban J connectivity index is 1.32. The molecule has 0 radical (unpaired) electrons. The van der Waals surface area contributed by atoms with Gasteiger partial charge in [0.25, 0.3) is 0 Å². The Hall–Kier alpha value is -3.13. The average Bonchev–Trinajstić information content (AvgIpc) is 2.83. The first-order chi connectivity index (χ1) is 16.4. The zero-order valence-corrected chi connectivity index (χ0v) is 19.8. The van der Waals surface area contributed by atoms with E-state index in [9.17, 15) is 13.6 Å². The van der Waals surface area contributed by atoms with Gasteiger partial charge in [-0.05, 0) is 67.8 Å². The van der Waals surface area contributed by atoms with Gasteiger partial charge in [-0.1, -0.05) is 18.2 Å². The highest BCUT2D eigenvalue weighted by atomic mass is 19.3. The van der Waals surface area contributed by atoms with Crippen molar-refractivity contribution in [2.75, 3.05) is 51.3 Å². The summed E-state index contributed by atoms with van der Waals surface area (Å²) in [5.74, 6) is -0.0584. The number of amides is 1. The molecule has 1 aliphatic heterocycles. The number of aryl methyl sites for hydroxylation is 1. The molecule has 184 valence electrons. The predicted octanol–water partition coefficient (Wildman–Crippen LogP) is 4.34. The van der Waals surface area contributed by atoms with Crippen LogP contribution in [-0.4, -0.2) is 63.8 Å². The van der Waals surface area contributed by atoms with Crippen molar-refractivity contribution in [3.05, 3.63) is 59.7 Å². The number of alkyl halides is 2. The van der Waals surface area contributed by atoms with Gasteiger partial charge in [0.1, 0.15) is 0 Å². The molecule has 0 bridgehead atoms. The highest BCUT2D eigenvalue weighted by Gasteiger charge is 2.16. The fourth-order valence-corrected chi connectivity index (χ4v) is 3.94. The van der Waals surface area contributed by atoms with Gasteiger partial charge in [0.2, 0.25) is 5.91 Å². The van der Waals surface area contributed by atoms with E-state index in [1.165, 1.54) is 30.5 Å². The lowest BCUT2D eigenvalue weighted by Crippen LogP contribution is -2.46. The Kier molecular flexibility index (Phi) is 9.70. The fourth-order valence-electron chi connectivity index (χ4n) is 3.94. The molecule has 6 nitrogen and oxygen atoms in total. The predicted molar refractivity (Wildman–Crippen MR) is 131 cm³/mol. The zero-order valence-electron chi connectivity index (χ0n) is 19.8. The second-order valence-corrected chi connectivity index (χ2v) is 8.29. The van der Waals surface area contributed by atoms with Crippen molar-refractivity contribution in [3.63, 3.8) is 0 Å². The largest absolute Gasteiger partial charge is 0.493 e. The van der Waals surface area contributed by atoms with Crippen LogP contribution < -0.4 is 19.7 Å². The van der Waals surface area contributed by atoms with Crippen LogP contribution in [0.25, 0.3) is 6.08 Å². The molecule has 1 heterocycles. The molecular formula is C26H33F2N3O3. The molecule has 0 spiro atoms. The number of carbonyl (C=O) groups is 1. The van der Waals surface area contributed by atoms with Crippen LogP contribution in [0.3, 0.4) is 0 Å². The molecule has 3 rings (SSSR count). The van der Waals surface area contributed by atoms with Crippen LogP contribution >= 0.6 is 0 Å². The molecule has 34 heavy (non-hydrogen) atoms. The topological polar surface area (TPSA) is 54.0 Å². The SMILES string of the molecule is COc1cc(/C=C/C(=O)NCCCCN2CCN(c3cccc(C)c3)CC2)ccc1OC(F)F. The minimum absolute atomic E-state index is 0.0457. The van der Waals surface area contributed by atoms with E-state index in [-0.39, 0.29) is 17.4 Å². The third-order valence-corrected chi connectivity index (χ3v) is 5.77. The summed E-state index contributed by atoms with van der Waals surface area (Å²) in [5.41, 5.74) is 3.23.